The lowest BCUT2D eigenvalue weighted by atomic mass is 10.0. The zero-order valence-electron chi connectivity index (χ0n) is 14.9. The molecule has 0 aliphatic carbocycles. The van der Waals surface area contributed by atoms with Crippen LogP contribution in [0.5, 0.6) is 0 Å². The van der Waals surface area contributed by atoms with Crippen molar-refractivity contribution in [1.82, 2.24) is 19.9 Å². The van der Waals surface area contributed by atoms with Crippen molar-refractivity contribution in [2.45, 2.75) is 45.4 Å². The van der Waals surface area contributed by atoms with Crippen LogP contribution in [0.4, 0.5) is 11.9 Å². The van der Waals surface area contributed by atoms with Crippen LogP contribution in [-0.2, 0) is 22.7 Å². The van der Waals surface area contributed by atoms with Gasteiger partial charge in [-0.25, -0.2) is 0 Å². The Morgan fingerprint density at radius 2 is 2.00 bits per heavy atom. The number of carbonyl (C=O) groups is 1. The Hall–Kier alpha value is -2.74. The highest BCUT2D eigenvalue weighted by atomic mass is 16.5. The molecule has 1 aliphatic heterocycles. The number of hydrogen-bond donors (Lipinski definition) is 2. The predicted molar refractivity (Wildman–Crippen MR) is 97.7 cm³/mol. The average Bonchev–Trinajstić information content (AvgIpc) is 2.59. The molecule has 0 saturated carbocycles. The normalized spacial score (nSPS) is 17.8. The topological polar surface area (TPSA) is 120 Å². The molecule has 26 heavy (non-hydrogen) atoms. The van der Waals surface area contributed by atoms with E-state index in [2.05, 4.69) is 45.0 Å². The zero-order valence-corrected chi connectivity index (χ0v) is 14.9. The fourth-order valence-electron chi connectivity index (χ4n) is 3.25. The van der Waals surface area contributed by atoms with E-state index in [1.807, 2.05) is 6.07 Å². The van der Waals surface area contributed by atoms with Gasteiger partial charge in [0.1, 0.15) is 6.04 Å². The fourth-order valence-corrected chi connectivity index (χ4v) is 3.25. The summed E-state index contributed by atoms with van der Waals surface area (Å²) in [7, 11) is 0. The van der Waals surface area contributed by atoms with Crippen molar-refractivity contribution in [2.75, 3.05) is 18.0 Å². The molecular weight excluding hydrogens is 332 g/mol. The molecule has 8 heteroatoms. The second-order valence-corrected chi connectivity index (χ2v) is 6.55. The van der Waals surface area contributed by atoms with E-state index in [1.165, 1.54) is 11.1 Å². The lowest BCUT2D eigenvalue weighted by Gasteiger charge is -2.34. The number of nitrogen functional groups attached to an aromatic ring is 2. The van der Waals surface area contributed by atoms with Crippen LogP contribution in [0.15, 0.2) is 24.3 Å². The van der Waals surface area contributed by atoms with Gasteiger partial charge in [-0.1, -0.05) is 36.2 Å². The van der Waals surface area contributed by atoms with E-state index in [4.69, 9.17) is 16.2 Å². The summed E-state index contributed by atoms with van der Waals surface area (Å²) in [5, 5.41) is 0. The lowest BCUT2D eigenvalue weighted by Crippen LogP contribution is -2.44. The van der Waals surface area contributed by atoms with Crippen molar-refractivity contribution < 1.29 is 9.53 Å². The first-order valence-corrected chi connectivity index (χ1v) is 8.73. The van der Waals surface area contributed by atoms with Gasteiger partial charge in [0.05, 0.1) is 0 Å². The second kappa shape index (κ2) is 8.09. The number of piperidine rings is 1. The molecule has 4 N–H and O–H groups in total. The molecule has 1 aliphatic rings. The van der Waals surface area contributed by atoms with E-state index in [0.717, 1.165) is 32.4 Å². The van der Waals surface area contributed by atoms with Crippen molar-refractivity contribution in [1.29, 1.82) is 0 Å². The van der Waals surface area contributed by atoms with Crippen LogP contribution in [-0.4, -0.2) is 38.4 Å². The predicted octanol–water partition coefficient (Wildman–Crippen LogP) is 1.44. The minimum absolute atomic E-state index is 0.0160. The number of anilines is 2. The molecule has 138 valence electrons. The number of nitrogens with two attached hydrogens (primary N) is 2. The number of rotatable bonds is 5. The number of benzene rings is 1. The summed E-state index contributed by atoms with van der Waals surface area (Å²) < 4.78 is 5.42. The standard InChI is InChI=1S/C18H24N6O2/c1-12-5-4-6-13(9-12)10-24-8-3-2-7-14(24)16(25)26-11-15-21-17(19)23-18(20)22-15/h4-6,9,14H,2-3,7-8,10-11H2,1H3,(H4,19,20,21,22,23). The third kappa shape index (κ3) is 4.66. The number of ether oxygens (including phenoxy) is 1. The number of likely N-dealkylation sites (tertiary alicyclic amines) is 1. The van der Waals surface area contributed by atoms with Crippen molar-refractivity contribution in [3.8, 4) is 0 Å². The summed E-state index contributed by atoms with van der Waals surface area (Å²) in [6.45, 7) is 3.61. The van der Waals surface area contributed by atoms with E-state index >= 15 is 0 Å². The molecule has 1 aromatic heterocycles. The van der Waals surface area contributed by atoms with E-state index in [1.54, 1.807) is 0 Å². The van der Waals surface area contributed by atoms with Crippen LogP contribution in [0.2, 0.25) is 0 Å². The van der Waals surface area contributed by atoms with Gasteiger partial charge in [-0.3, -0.25) is 9.69 Å². The number of aromatic nitrogens is 3. The Morgan fingerprint density at radius 3 is 2.73 bits per heavy atom. The quantitative estimate of drug-likeness (QED) is 0.772. The summed E-state index contributed by atoms with van der Waals surface area (Å²) in [4.78, 5) is 26.4. The van der Waals surface area contributed by atoms with Gasteiger partial charge < -0.3 is 16.2 Å². The molecular formula is C18H24N6O2. The number of nitrogens with zero attached hydrogens (tertiary/aromatic N) is 4. The monoisotopic (exact) mass is 356 g/mol. The SMILES string of the molecule is Cc1cccc(CN2CCCCC2C(=O)OCc2nc(N)nc(N)n2)c1. The van der Waals surface area contributed by atoms with Gasteiger partial charge in [0.15, 0.2) is 12.4 Å². The van der Waals surface area contributed by atoms with Gasteiger partial charge in [-0.2, -0.15) is 15.0 Å². The molecule has 2 aromatic rings. The Morgan fingerprint density at radius 1 is 1.23 bits per heavy atom. The van der Waals surface area contributed by atoms with Gasteiger partial charge in [-0.05, 0) is 31.9 Å². The van der Waals surface area contributed by atoms with E-state index in [0.29, 0.717) is 0 Å². The molecule has 2 heterocycles. The first-order valence-electron chi connectivity index (χ1n) is 8.73. The average molecular weight is 356 g/mol. The van der Waals surface area contributed by atoms with Crippen molar-refractivity contribution in [3.63, 3.8) is 0 Å². The molecule has 0 amide bonds. The first-order chi connectivity index (χ1) is 12.5. The zero-order chi connectivity index (χ0) is 18.5. The molecule has 1 fully saturated rings. The Balaban J connectivity index is 1.63. The number of carbonyl (C=O) groups excluding carboxylic acids is 1. The highest BCUT2D eigenvalue weighted by molar-refractivity contribution is 5.75. The minimum atomic E-state index is -0.269. The highest BCUT2D eigenvalue weighted by Crippen LogP contribution is 2.21. The lowest BCUT2D eigenvalue weighted by molar-refractivity contribution is -0.153. The maximum absolute atomic E-state index is 12.6. The molecule has 1 atom stereocenters. The number of esters is 1. The maximum Gasteiger partial charge on any atom is 0.323 e. The smallest absolute Gasteiger partial charge is 0.323 e. The molecule has 8 nitrogen and oxygen atoms in total. The summed E-state index contributed by atoms with van der Waals surface area (Å²) in [6, 6.07) is 8.07. The summed E-state index contributed by atoms with van der Waals surface area (Å²) in [5.41, 5.74) is 13.5. The van der Waals surface area contributed by atoms with E-state index in [-0.39, 0.29) is 36.3 Å². The van der Waals surface area contributed by atoms with Crippen LogP contribution in [0.1, 0.15) is 36.2 Å². The van der Waals surface area contributed by atoms with Crippen LogP contribution in [0.3, 0.4) is 0 Å². The van der Waals surface area contributed by atoms with Crippen LogP contribution in [0, 0.1) is 6.92 Å². The maximum atomic E-state index is 12.6. The molecule has 1 aromatic carbocycles. The molecule has 1 unspecified atom stereocenters. The second-order valence-electron chi connectivity index (χ2n) is 6.55. The Labute approximate surface area is 152 Å². The number of hydrogen-bond acceptors (Lipinski definition) is 8. The van der Waals surface area contributed by atoms with Gasteiger partial charge in [0.25, 0.3) is 0 Å². The molecule has 3 rings (SSSR count). The van der Waals surface area contributed by atoms with E-state index < -0.39 is 0 Å². The van der Waals surface area contributed by atoms with Gasteiger partial charge in [0.2, 0.25) is 11.9 Å². The number of aryl methyl sites for hydroxylation is 1. The summed E-state index contributed by atoms with van der Waals surface area (Å²) >= 11 is 0. The van der Waals surface area contributed by atoms with Gasteiger partial charge in [-0.15, -0.1) is 0 Å². The van der Waals surface area contributed by atoms with Crippen LogP contribution >= 0.6 is 0 Å². The Bertz CT molecular complexity index is 762. The minimum Gasteiger partial charge on any atom is -0.456 e. The largest absolute Gasteiger partial charge is 0.456 e. The molecule has 0 bridgehead atoms. The first kappa shape index (κ1) is 18.1. The molecule has 0 radical (unpaired) electrons. The fraction of sp³-hybridized carbons (Fsp3) is 0.444. The Kier molecular flexibility index (Phi) is 5.62. The van der Waals surface area contributed by atoms with E-state index in [9.17, 15) is 4.79 Å². The van der Waals surface area contributed by atoms with Crippen molar-refractivity contribution >= 4 is 17.9 Å². The molecule has 1 saturated heterocycles. The summed E-state index contributed by atoms with van der Waals surface area (Å²) in [5.74, 6) is 0.0175. The third-order valence-corrected chi connectivity index (χ3v) is 4.41. The molecule has 0 spiro atoms. The summed E-state index contributed by atoms with van der Waals surface area (Å²) in [6.07, 6.45) is 2.87. The van der Waals surface area contributed by atoms with Crippen LogP contribution in [0.25, 0.3) is 0 Å². The van der Waals surface area contributed by atoms with Crippen molar-refractivity contribution in [2.24, 2.45) is 0 Å². The van der Waals surface area contributed by atoms with Gasteiger partial charge >= 0.3 is 5.97 Å². The third-order valence-electron chi connectivity index (χ3n) is 4.41. The van der Waals surface area contributed by atoms with Gasteiger partial charge in [0, 0.05) is 6.54 Å². The highest BCUT2D eigenvalue weighted by Gasteiger charge is 2.30. The van der Waals surface area contributed by atoms with Crippen molar-refractivity contribution in [3.05, 3.63) is 41.2 Å². The van der Waals surface area contributed by atoms with Crippen LogP contribution < -0.4 is 11.5 Å².